The molecule has 1 aliphatic rings. The summed E-state index contributed by atoms with van der Waals surface area (Å²) in [5.41, 5.74) is -0.625. The number of ether oxygens (including phenoxy) is 2. The lowest BCUT2D eigenvalue weighted by molar-refractivity contribution is -0.160. The van der Waals surface area contributed by atoms with E-state index < -0.39 is 36.6 Å². The van der Waals surface area contributed by atoms with Crippen molar-refractivity contribution in [1.29, 1.82) is 0 Å². The number of alkyl carbamates (subject to hydrolysis) is 1. The summed E-state index contributed by atoms with van der Waals surface area (Å²) >= 11 is 0. The lowest BCUT2D eigenvalue weighted by atomic mass is 10.1. The average molecular weight is 312 g/mol. The lowest BCUT2D eigenvalue weighted by Gasteiger charge is -2.36. The predicted molar refractivity (Wildman–Crippen MR) is 71.1 cm³/mol. The second-order valence-electron chi connectivity index (χ2n) is 6.19. The van der Waals surface area contributed by atoms with Gasteiger partial charge >= 0.3 is 12.3 Å². The molecule has 0 aromatic heterocycles. The van der Waals surface area contributed by atoms with Crippen molar-refractivity contribution in [2.75, 3.05) is 26.2 Å². The molecule has 1 saturated heterocycles. The third kappa shape index (κ3) is 7.52. The molecule has 8 heteroatoms. The van der Waals surface area contributed by atoms with Gasteiger partial charge in [0.05, 0.1) is 25.3 Å². The van der Waals surface area contributed by atoms with Gasteiger partial charge in [-0.2, -0.15) is 13.2 Å². The Morgan fingerprint density at radius 1 is 1.43 bits per heavy atom. The van der Waals surface area contributed by atoms with Crippen molar-refractivity contribution in [3.8, 4) is 0 Å². The fourth-order valence-electron chi connectivity index (χ4n) is 2.02. The Bertz CT molecular complexity index is 356. The van der Waals surface area contributed by atoms with Gasteiger partial charge < -0.3 is 14.8 Å². The largest absolute Gasteiger partial charge is 0.444 e. The van der Waals surface area contributed by atoms with Crippen LogP contribution in [0.25, 0.3) is 0 Å². The normalized spacial score (nSPS) is 22.7. The van der Waals surface area contributed by atoms with E-state index >= 15 is 0 Å². The number of alkyl halides is 3. The standard InChI is InChI=1S/C13H23F3N2O3/c1-9(17-11(19)21-12(2,3)4)10-7-18(5-6-20-10)8-13(14,15)16/h9-10H,5-8H2,1-4H3,(H,17,19)/t9-,10-/m0/s1. The minimum atomic E-state index is -4.23. The Balaban J connectivity index is 2.46. The van der Waals surface area contributed by atoms with Crippen molar-refractivity contribution in [3.63, 3.8) is 0 Å². The molecule has 0 aliphatic carbocycles. The van der Waals surface area contributed by atoms with E-state index in [0.29, 0.717) is 0 Å². The molecule has 2 atom stereocenters. The zero-order chi connectivity index (χ0) is 16.3. The van der Waals surface area contributed by atoms with Crippen LogP contribution in [0.15, 0.2) is 0 Å². The number of amides is 1. The molecule has 1 N–H and O–H groups in total. The molecule has 1 rings (SSSR count). The van der Waals surface area contributed by atoms with Gasteiger partial charge in [0.25, 0.3) is 0 Å². The molecule has 0 aromatic rings. The van der Waals surface area contributed by atoms with E-state index in [1.165, 1.54) is 4.90 Å². The maximum atomic E-state index is 12.4. The molecule has 0 saturated carbocycles. The van der Waals surface area contributed by atoms with E-state index in [4.69, 9.17) is 9.47 Å². The van der Waals surface area contributed by atoms with Crippen LogP contribution in [0.1, 0.15) is 27.7 Å². The van der Waals surface area contributed by atoms with Crippen molar-refractivity contribution >= 4 is 6.09 Å². The van der Waals surface area contributed by atoms with Crippen LogP contribution in [0.3, 0.4) is 0 Å². The fraction of sp³-hybridized carbons (Fsp3) is 0.923. The Morgan fingerprint density at radius 3 is 2.57 bits per heavy atom. The van der Waals surface area contributed by atoms with Gasteiger partial charge in [-0.05, 0) is 27.7 Å². The third-order valence-corrected chi connectivity index (χ3v) is 2.88. The Morgan fingerprint density at radius 2 is 2.05 bits per heavy atom. The number of carbonyl (C=O) groups excluding carboxylic acids is 1. The molecule has 0 spiro atoms. The zero-order valence-electron chi connectivity index (χ0n) is 12.8. The van der Waals surface area contributed by atoms with Gasteiger partial charge in [0, 0.05) is 13.1 Å². The summed E-state index contributed by atoms with van der Waals surface area (Å²) in [5, 5.41) is 2.60. The van der Waals surface area contributed by atoms with Gasteiger partial charge in [0.15, 0.2) is 0 Å². The summed E-state index contributed by atoms with van der Waals surface area (Å²) in [5.74, 6) is 0. The number of hydrogen-bond donors (Lipinski definition) is 1. The fourth-order valence-corrected chi connectivity index (χ4v) is 2.02. The van der Waals surface area contributed by atoms with Gasteiger partial charge in [-0.3, -0.25) is 4.90 Å². The van der Waals surface area contributed by atoms with Crippen molar-refractivity contribution in [2.45, 2.75) is 51.6 Å². The van der Waals surface area contributed by atoms with Crippen LogP contribution in [-0.2, 0) is 9.47 Å². The third-order valence-electron chi connectivity index (χ3n) is 2.88. The molecular weight excluding hydrogens is 289 g/mol. The number of carbonyl (C=O) groups is 1. The molecule has 0 unspecified atom stereocenters. The molecule has 1 amide bonds. The predicted octanol–water partition coefficient (Wildman–Crippen LogP) is 2.16. The molecule has 0 aromatic carbocycles. The van der Waals surface area contributed by atoms with Gasteiger partial charge in [-0.15, -0.1) is 0 Å². The number of morpholine rings is 1. The summed E-state index contributed by atoms with van der Waals surface area (Å²) in [4.78, 5) is 12.9. The lowest BCUT2D eigenvalue weighted by Crippen LogP contribution is -2.54. The highest BCUT2D eigenvalue weighted by molar-refractivity contribution is 5.68. The highest BCUT2D eigenvalue weighted by Crippen LogP contribution is 2.19. The number of hydrogen-bond acceptors (Lipinski definition) is 4. The molecular formula is C13H23F3N2O3. The monoisotopic (exact) mass is 312 g/mol. The number of nitrogens with one attached hydrogen (secondary N) is 1. The smallest absolute Gasteiger partial charge is 0.407 e. The second kappa shape index (κ2) is 6.83. The molecule has 5 nitrogen and oxygen atoms in total. The van der Waals surface area contributed by atoms with Crippen LogP contribution in [0.2, 0.25) is 0 Å². The molecule has 21 heavy (non-hydrogen) atoms. The first-order valence-electron chi connectivity index (χ1n) is 6.86. The molecule has 0 radical (unpaired) electrons. The van der Waals surface area contributed by atoms with Crippen LogP contribution in [-0.4, -0.2) is 61.2 Å². The average Bonchev–Trinajstić information content (AvgIpc) is 2.23. The van der Waals surface area contributed by atoms with Crippen LogP contribution in [0, 0.1) is 0 Å². The highest BCUT2D eigenvalue weighted by atomic mass is 19.4. The Hall–Kier alpha value is -1.02. The zero-order valence-corrected chi connectivity index (χ0v) is 12.8. The maximum Gasteiger partial charge on any atom is 0.407 e. The minimum Gasteiger partial charge on any atom is -0.444 e. The van der Waals surface area contributed by atoms with E-state index in [1.54, 1.807) is 27.7 Å². The van der Waals surface area contributed by atoms with Crippen molar-refractivity contribution in [1.82, 2.24) is 10.2 Å². The van der Waals surface area contributed by atoms with Gasteiger partial charge in [-0.1, -0.05) is 0 Å². The van der Waals surface area contributed by atoms with E-state index in [9.17, 15) is 18.0 Å². The quantitative estimate of drug-likeness (QED) is 0.868. The summed E-state index contributed by atoms with van der Waals surface area (Å²) in [6.07, 6.45) is -5.33. The molecule has 1 fully saturated rings. The highest BCUT2D eigenvalue weighted by Gasteiger charge is 2.35. The maximum absolute atomic E-state index is 12.4. The number of rotatable bonds is 3. The molecule has 124 valence electrons. The van der Waals surface area contributed by atoms with E-state index in [-0.39, 0.29) is 19.7 Å². The van der Waals surface area contributed by atoms with E-state index in [1.807, 2.05) is 0 Å². The topological polar surface area (TPSA) is 50.8 Å². The van der Waals surface area contributed by atoms with Crippen LogP contribution >= 0.6 is 0 Å². The summed E-state index contributed by atoms with van der Waals surface area (Å²) in [6.45, 7) is 6.49. The summed E-state index contributed by atoms with van der Waals surface area (Å²) in [6, 6.07) is -0.434. The van der Waals surface area contributed by atoms with Crippen molar-refractivity contribution in [2.24, 2.45) is 0 Å². The first-order valence-corrected chi connectivity index (χ1v) is 6.86. The van der Waals surface area contributed by atoms with Crippen LogP contribution in [0.4, 0.5) is 18.0 Å². The molecule has 1 aliphatic heterocycles. The SMILES string of the molecule is C[C@H](NC(=O)OC(C)(C)C)[C@@H]1CN(CC(F)(F)F)CCO1. The van der Waals surface area contributed by atoms with E-state index in [2.05, 4.69) is 5.32 Å². The second-order valence-corrected chi connectivity index (χ2v) is 6.19. The Kier molecular flexibility index (Phi) is 5.86. The van der Waals surface area contributed by atoms with Crippen LogP contribution in [0.5, 0.6) is 0 Å². The van der Waals surface area contributed by atoms with Gasteiger partial charge in [0.1, 0.15) is 5.60 Å². The number of halogens is 3. The minimum absolute atomic E-state index is 0.122. The van der Waals surface area contributed by atoms with E-state index in [0.717, 1.165) is 0 Å². The van der Waals surface area contributed by atoms with Gasteiger partial charge in [-0.25, -0.2) is 4.79 Å². The van der Waals surface area contributed by atoms with Crippen LogP contribution < -0.4 is 5.32 Å². The first kappa shape index (κ1) is 18.0. The summed E-state index contributed by atoms with van der Waals surface area (Å²) < 4.78 is 47.7. The first-order chi connectivity index (χ1) is 9.46. The molecule has 0 bridgehead atoms. The Labute approximate surface area is 122 Å². The number of nitrogens with zero attached hydrogens (tertiary/aromatic N) is 1. The summed E-state index contributed by atoms with van der Waals surface area (Å²) in [7, 11) is 0. The van der Waals surface area contributed by atoms with Crippen molar-refractivity contribution in [3.05, 3.63) is 0 Å². The van der Waals surface area contributed by atoms with Gasteiger partial charge in [0.2, 0.25) is 0 Å². The van der Waals surface area contributed by atoms with Crippen molar-refractivity contribution < 1.29 is 27.4 Å². The molecule has 1 heterocycles.